The van der Waals surface area contributed by atoms with Gasteiger partial charge in [0, 0.05) is 25.2 Å². The Morgan fingerprint density at radius 2 is 2.33 bits per heavy atom. The molecule has 126 valence electrons. The van der Waals surface area contributed by atoms with Crippen LogP contribution < -0.4 is 5.32 Å². The molecule has 3 rings (SSSR count). The van der Waals surface area contributed by atoms with E-state index in [-0.39, 0.29) is 5.92 Å². The van der Waals surface area contributed by atoms with Crippen molar-refractivity contribution in [2.75, 3.05) is 25.0 Å². The van der Waals surface area contributed by atoms with Gasteiger partial charge in [0.2, 0.25) is 5.89 Å². The molecule has 2 aromatic rings. The summed E-state index contributed by atoms with van der Waals surface area (Å²) in [6.07, 6.45) is 2.73. The van der Waals surface area contributed by atoms with Crippen molar-refractivity contribution < 1.29 is 4.52 Å². The summed E-state index contributed by atoms with van der Waals surface area (Å²) in [7, 11) is 0. The molecule has 1 fully saturated rings. The summed E-state index contributed by atoms with van der Waals surface area (Å²) < 4.78 is 5.26. The molecule has 1 atom stereocenters. The van der Waals surface area contributed by atoms with Crippen molar-refractivity contribution in [2.24, 2.45) is 5.92 Å². The molecule has 24 heavy (non-hydrogen) atoms. The molecule has 2 aromatic heterocycles. The number of pyridine rings is 1. The molecule has 1 saturated heterocycles. The van der Waals surface area contributed by atoms with E-state index in [2.05, 4.69) is 31.4 Å². The number of nitrogens with zero attached hydrogens (tertiary/aromatic N) is 5. The summed E-state index contributed by atoms with van der Waals surface area (Å²) in [5.74, 6) is 3.11. The largest absolute Gasteiger partial charge is 0.370 e. The molecule has 7 heteroatoms. The fourth-order valence-electron chi connectivity index (χ4n) is 2.80. The second-order valence-corrected chi connectivity index (χ2v) is 6.52. The molecule has 1 N–H and O–H groups in total. The highest BCUT2D eigenvalue weighted by Crippen LogP contribution is 2.19. The molecular formula is C17H22N6O. The highest BCUT2D eigenvalue weighted by Gasteiger charge is 2.24. The van der Waals surface area contributed by atoms with E-state index in [0.717, 1.165) is 44.2 Å². The van der Waals surface area contributed by atoms with E-state index in [4.69, 9.17) is 9.78 Å². The summed E-state index contributed by atoms with van der Waals surface area (Å²) in [5.41, 5.74) is 0.577. The minimum Gasteiger partial charge on any atom is -0.370 e. The van der Waals surface area contributed by atoms with Crippen LogP contribution in [-0.2, 0) is 6.54 Å². The van der Waals surface area contributed by atoms with Gasteiger partial charge in [0.1, 0.15) is 11.9 Å². The Labute approximate surface area is 141 Å². The molecule has 0 unspecified atom stereocenters. The van der Waals surface area contributed by atoms with Crippen LogP contribution in [0.4, 0.5) is 5.82 Å². The monoisotopic (exact) mass is 326 g/mol. The van der Waals surface area contributed by atoms with Gasteiger partial charge in [-0.3, -0.25) is 4.90 Å². The maximum atomic E-state index is 8.78. The summed E-state index contributed by atoms with van der Waals surface area (Å²) in [5, 5.41) is 16.2. The Bertz CT molecular complexity index is 703. The minimum absolute atomic E-state index is 0.265. The quantitative estimate of drug-likeness (QED) is 0.871. The summed E-state index contributed by atoms with van der Waals surface area (Å²) in [6.45, 7) is 7.76. The van der Waals surface area contributed by atoms with Crippen LogP contribution in [0, 0.1) is 17.2 Å². The fourth-order valence-corrected chi connectivity index (χ4v) is 2.80. The molecule has 0 bridgehead atoms. The van der Waals surface area contributed by atoms with Crippen molar-refractivity contribution in [1.82, 2.24) is 20.0 Å². The van der Waals surface area contributed by atoms with Gasteiger partial charge in [0.25, 0.3) is 0 Å². The van der Waals surface area contributed by atoms with Crippen LogP contribution in [0.5, 0.6) is 0 Å². The molecule has 3 heterocycles. The Balaban J connectivity index is 1.45. The number of anilines is 1. The second kappa shape index (κ2) is 7.41. The van der Waals surface area contributed by atoms with Crippen LogP contribution in [0.3, 0.4) is 0 Å². The maximum absolute atomic E-state index is 8.78. The van der Waals surface area contributed by atoms with E-state index in [9.17, 15) is 0 Å². The van der Waals surface area contributed by atoms with E-state index < -0.39 is 0 Å². The van der Waals surface area contributed by atoms with E-state index >= 15 is 0 Å². The highest BCUT2D eigenvalue weighted by atomic mass is 16.5. The standard InChI is InChI=1S/C17H22N6O/c1-12(2)17-21-16(22-24-17)11-23-6-5-14(10-23)9-20-15-4-3-13(7-18)8-19-15/h3-4,8,12,14H,5-6,9-11H2,1-2H3,(H,19,20)/t14-/m1/s1. The Hall–Kier alpha value is -2.46. The van der Waals surface area contributed by atoms with Crippen molar-refractivity contribution in [3.05, 3.63) is 35.6 Å². The predicted molar refractivity (Wildman–Crippen MR) is 89.2 cm³/mol. The van der Waals surface area contributed by atoms with E-state index in [1.54, 1.807) is 12.3 Å². The van der Waals surface area contributed by atoms with Crippen LogP contribution in [0.25, 0.3) is 0 Å². The van der Waals surface area contributed by atoms with Crippen molar-refractivity contribution in [1.29, 1.82) is 5.26 Å². The number of hydrogen-bond donors (Lipinski definition) is 1. The average molecular weight is 326 g/mol. The maximum Gasteiger partial charge on any atom is 0.229 e. The van der Waals surface area contributed by atoms with Crippen LogP contribution >= 0.6 is 0 Å². The first-order chi connectivity index (χ1) is 11.6. The smallest absolute Gasteiger partial charge is 0.229 e. The molecule has 0 aromatic carbocycles. The van der Waals surface area contributed by atoms with Crippen molar-refractivity contribution in [3.8, 4) is 6.07 Å². The first-order valence-corrected chi connectivity index (χ1v) is 8.29. The Morgan fingerprint density at radius 3 is 3.00 bits per heavy atom. The lowest BCUT2D eigenvalue weighted by Crippen LogP contribution is -2.23. The number of nitriles is 1. The first kappa shape index (κ1) is 16.4. The lowest BCUT2D eigenvalue weighted by Gasteiger charge is -2.14. The zero-order valence-corrected chi connectivity index (χ0v) is 14.1. The number of hydrogen-bond acceptors (Lipinski definition) is 7. The van der Waals surface area contributed by atoms with Gasteiger partial charge in [-0.15, -0.1) is 0 Å². The van der Waals surface area contributed by atoms with E-state index in [0.29, 0.717) is 17.4 Å². The number of nitrogens with one attached hydrogen (secondary N) is 1. The lowest BCUT2D eigenvalue weighted by molar-refractivity contribution is 0.299. The molecule has 0 radical (unpaired) electrons. The van der Waals surface area contributed by atoms with Crippen molar-refractivity contribution in [2.45, 2.75) is 32.7 Å². The molecule has 0 aliphatic carbocycles. The summed E-state index contributed by atoms with van der Waals surface area (Å²) in [4.78, 5) is 11.0. The van der Waals surface area contributed by atoms with Gasteiger partial charge >= 0.3 is 0 Å². The van der Waals surface area contributed by atoms with Gasteiger partial charge in [-0.2, -0.15) is 10.2 Å². The van der Waals surface area contributed by atoms with Crippen LogP contribution in [-0.4, -0.2) is 39.7 Å². The average Bonchev–Trinajstić information content (AvgIpc) is 3.23. The summed E-state index contributed by atoms with van der Waals surface area (Å²) in [6, 6.07) is 5.69. The van der Waals surface area contributed by atoms with Gasteiger partial charge in [0.05, 0.1) is 12.1 Å². The minimum atomic E-state index is 0.265. The van der Waals surface area contributed by atoms with Crippen LogP contribution in [0.15, 0.2) is 22.9 Å². The van der Waals surface area contributed by atoms with Gasteiger partial charge < -0.3 is 9.84 Å². The molecule has 0 saturated carbocycles. The van der Waals surface area contributed by atoms with Crippen molar-refractivity contribution >= 4 is 5.82 Å². The number of rotatable bonds is 6. The molecular weight excluding hydrogens is 304 g/mol. The fraction of sp³-hybridized carbons (Fsp3) is 0.529. The summed E-state index contributed by atoms with van der Waals surface area (Å²) >= 11 is 0. The third-order valence-corrected chi connectivity index (χ3v) is 4.18. The van der Waals surface area contributed by atoms with Crippen LogP contribution in [0.2, 0.25) is 0 Å². The first-order valence-electron chi connectivity index (χ1n) is 8.29. The second-order valence-electron chi connectivity index (χ2n) is 6.52. The molecule has 1 aliphatic rings. The van der Waals surface area contributed by atoms with E-state index in [1.165, 1.54) is 0 Å². The highest BCUT2D eigenvalue weighted by molar-refractivity contribution is 5.38. The molecule has 7 nitrogen and oxygen atoms in total. The molecule has 1 aliphatic heterocycles. The zero-order chi connectivity index (χ0) is 16.9. The van der Waals surface area contributed by atoms with Crippen LogP contribution in [0.1, 0.15) is 43.5 Å². The van der Waals surface area contributed by atoms with Gasteiger partial charge in [0.15, 0.2) is 5.82 Å². The van der Waals surface area contributed by atoms with Gasteiger partial charge in [-0.1, -0.05) is 19.0 Å². The third kappa shape index (κ3) is 4.09. The Kier molecular flexibility index (Phi) is 5.06. The molecule has 0 amide bonds. The SMILES string of the molecule is CC(C)c1nc(CN2CC[C@H](CNc3ccc(C#N)cn3)C2)no1. The topological polar surface area (TPSA) is 90.9 Å². The van der Waals surface area contributed by atoms with Crippen molar-refractivity contribution in [3.63, 3.8) is 0 Å². The third-order valence-electron chi connectivity index (χ3n) is 4.18. The van der Waals surface area contributed by atoms with Gasteiger partial charge in [-0.05, 0) is 31.0 Å². The van der Waals surface area contributed by atoms with E-state index in [1.807, 2.05) is 19.9 Å². The zero-order valence-electron chi connectivity index (χ0n) is 14.1. The lowest BCUT2D eigenvalue weighted by atomic mass is 10.1. The Morgan fingerprint density at radius 1 is 1.46 bits per heavy atom. The van der Waals surface area contributed by atoms with Gasteiger partial charge in [-0.25, -0.2) is 4.98 Å². The number of aromatic nitrogens is 3. The normalized spacial score (nSPS) is 18.0. The molecule has 0 spiro atoms. The predicted octanol–water partition coefficient (Wildman–Crippen LogP) is 2.39. The number of likely N-dealkylation sites (tertiary alicyclic amines) is 1.